The highest BCUT2D eigenvalue weighted by Gasteiger charge is 2.23. The van der Waals surface area contributed by atoms with Crippen LogP contribution in [0, 0.1) is 0 Å². The number of halogens is 2. The van der Waals surface area contributed by atoms with Crippen molar-refractivity contribution in [2.45, 2.75) is 13.1 Å². The zero-order chi connectivity index (χ0) is 22.9. The standard InChI is InChI=1S/C25H24N2O5S.2ClH/c28-17-5-3-16(4-6-17)23-13-22(31)24-21(30)12-20(29)19(25(24)32-23)15-27-9-7-26(8-10-27)14-18-2-1-11-33-18;;/h1-6,11-13,28-30H,7-10,14-15H2;2*1H. The van der Waals surface area contributed by atoms with Crippen molar-refractivity contribution in [3.8, 4) is 28.6 Å². The summed E-state index contributed by atoms with van der Waals surface area (Å²) in [6.45, 7) is 4.76. The Hall–Kier alpha value is -2.75. The number of phenols is 3. The van der Waals surface area contributed by atoms with Crippen LogP contribution < -0.4 is 5.43 Å². The van der Waals surface area contributed by atoms with Gasteiger partial charge < -0.3 is 19.7 Å². The molecule has 1 saturated heterocycles. The van der Waals surface area contributed by atoms with Gasteiger partial charge in [0.05, 0.1) is 5.56 Å². The molecule has 35 heavy (non-hydrogen) atoms. The fourth-order valence-electron chi connectivity index (χ4n) is 4.23. The molecule has 2 aromatic heterocycles. The van der Waals surface area contributed by atoms with Crippen molar-refractivity contribution >= 4 is 47.1 Å². The molecule has 0 saturated carbocycles. The van der Waals surface area contributed by atoms with Crippen LogP contribution in [0.4, 0.5) is 0 Å². The summed E-state index contributed by atoms with van der Waals surface area (Å²) in [6.07, 6.45) is 0. The molecule has 10 heteroatoms. The van der Waals surface area contributed by atoms with Gasteiger partial charge in [-0.25, -0.2) is 0 Å². The van der Waals surface area contributed by atoms with Crippen LogP contribution in [0.1, 0.15) is 10.4 Å². The van der Waals surface area contributed by atoms with Gasteiger partial charge in [-0.2, -0.15) is 0 Å². The van der Waals surface area contributed by atoms with Gasteiger partial charge in [0.15, 0.2) is 11.0 Å². The number of rotatable bonds is 5. The monoisotopic (exact) mass is 536 g/mol. The number of hydrogen-bond acceptors (Lipinski definition) is 8. The van der Waals surface area contributed by atoms with Crippen LogP contribution >= 0.6 is 36.2 Å². The minimum Gasteiger partial charge on any atom is -0.508 e. The van der Waals surface area contributed by atoms with Crippen LogP contribution in [-0.4, -0.2) is 51.3 Å². The third-order valence-electron chi connectivity index (χ3n) is 6.02. The first-order chi connectivity index (χ1) is 16.0. The molecule has 0 bridgehead atoms. The van der Waals surface area contributed by atoms with Crippen molar-refractivity contribution < 1.29 is 19.7 Å². The second-order valence-corrected chi connectivity index (χ2v) is 9.28. The van der Waals surface area contributed by atoms with Crippen LogP contribution in [0.3, 0.4) is 0 Å². The van der Waals surface area contributed by atoms with E-state index < -0.39 is 0 Å². The molecule has 0 aliphatic carbocycles. The van der Waals surface area contributed by atoms with Crippen molar-refractivity contribution in [2.75, 3.05) is 26.2 Å². The van der Waals surface area contributed by atoms with E-state index >= 15 is 0 Å². The number of thiophene rings is 1. The van der Waals surface area contributed by atoms with E-state index in [1.54, 1.807) is 23.5 Å². The fourth-order valence-corrected chi connectivity index (χ4v) is 4.97. The topological polar surface area (TPSA) is 97.4 Å². The van der Waals surface area contributed by atoms with E-state index in [1.165, 1.54) is 29.1 Å². The average molecular weight is 537 g/mol. The second kappa shape index (κ2) is 11.3. The van der Waals surface area contributed by atoms with E-state index in [2.05, 4.69) is 27.3 Å². The highest BCUT2D eigenvalue weighted by molar-refractivity contribution is 7.09. The zero-order valence-corrected chi connectivity index (χ0v) is 21.2. The number of aromatic hydroxyl groups is 3. The molecule has 4 aromatic rings. The highest BCUT2D eigenvalue weighted by Crippen LogP contribution is 2.36. The SMILES string of the molecule is Cl.Cl.O=c1cc(-c2ccc(O)cc2)oc2c(CN3CCN(Cc4cccs4)CC3)c(O)cc(O)c12. The van der Waals surface area contributed by atoms with Crippen molar-refractivity contribution in [3.05, 3.63) is 74.6 Å². The van der Waals surface area contributed by atoms with E-state index in [9.17, 15) is 20.1 Å². The van der Waals surface area contributed by atoms with Crippen LogP contribution in [0.2, 0.25) is 0 Å². The van der Waals surface area contributed by atoms with Crippen LogP contribution in [-0.2, 0) is 13.1 Å². The largest absolute Gasteiger partial charge is 0.508 e. The maximum atomic E-state index is 12.8. The van der Waals surface area contributed by atoms with E-state index in [4.69, 9.17) is 4.42 Å². The Balaban J connectivity index is 0.00000171. The van der Waals surface area contributed by atoms with Gasteiger partial charge in [0.25, 0.3) is 0 Å². The molecule has 186 valence electrons. The minimum atomic E-state index is -0.390. The number of piperazine rings is 1. The molecule has 5 rings (SSSR count). The normalized spacial score (nSPS) is 14.4. The number of phenolic OH excluding ortho intramolecular Hbond substituents is 3. The lowest BCUT2D eigenvalue weighted by atomic mass is 10.1. The molecule has 0 amide bonds. The lowest BCUT2D eigenvalue weighted by molar-refractivity contribution is 0.122. The third kappa shape index (κ3) is 5.74. The van der Waals surface area contributed by atoms with Crippen molar-refractivity contribution in [3.63, 3.8) is 0 Å². The Morgan fingerprint density at radius 2 is 1.51 bits per heavy atom. The highest BCUT2D eigenvalue weighted by atomic mass is 35.5. The summed E-state index contributed by atoms with van der Waals surface area (Å²) in [4.78, 5) is 18.8. The van der Waals surface area contributed by atoms with Gasteiger partial charge in [-0.1, -0.05) is 6.07 Å². The van der Waals surface area contributed by atoms with E-state index in [-0.39, 0.29) is 58.5 Å². The molecular formula is C25H26Cl2N2O5S. The molecule has 1 aliphatic rings. The maximum absolute atomic E-state index is 12.8. The Morgan fingerprint density at radius 1 is 0.857 bits per heavy atom. The van der Waals surface area contributed by atoms with Gasteiger partial charge in [0.1, 0.15) is 28.4 Å². The molecule has 0 atom stereocenters. The summed E-state index contributed by atoms with van der Waals surface area (Å²) in [5.74, 6) is 0.000599. The summed E-state index contributed by atoms with van der Waals surface area (Å²) in [6, 6.07) is 13.1. The quantitative estimate of drug-likeness (QED) is 0.337. The van der Waals surface area contributed by atoms with Gasteiger partial charge in [-0.15, -0.1) is 36.2 Å². The summed E-state index contributed by atoms with van der Waals surface area (Å²) in [5.41, 5.74) is 0.887. The van der Waals surface area contributed by atoms with E-state index in [1.807, 2.05) is 0 Å². The van der Waals surface area contributed by atoms with Gasteiger partial charge in [-0.3, -0.25) is 14.6 Å². The third-order valence-corrected chi connectivity index (χ3v) is 6.88. The van der Waals surface area contributed by atoms with Gasteiger partial charge >= 0.3 is 0 Å². The number of fused-ring (bicyclic) bond motifs is 1. The predicted octanol–water partition coefficient (Wildman–Crippen LogP) is 4.80. The zero-order valence-electron chi connectivity index (χ0n) is 18.7. The molecule has 0 unspecified atom stereocenters. The lowest BCUT2D eigenvalue weighted by Crippen LogP contribution is -2.45. The Morgan fingerprint density at radius 3 is 2.14 bits per heavy atom. The molecule has 0 radical (unpaired) electrons. The molecule has 3 N–H and O–H groups in total. The molecule has 1 aliphatic heterocycles. The molecule has 2 aromatic carbocycles. The maximum Gasteiger partial charge on any atom is 0.197 e. The number of nitrogens with zero attached hydrogens (tertiary/aromatic N) is 2. The molecule has 7 nitrogen and oxygen atoms in total. The summed E-state index contributed by atoms with van der Waals surface area (Å²) in [7, 11) is 0. The number of hydrogen-bond donors (Lipinski definition) is 3. The first kappa shape index (κ1) is 26.8. The molecule has 3 heterocycles. The summed E-state index contributed by atoms with van der Waals surface area (Å²) >= 11 is 1.76. The first-order valence-corrected chi connectivity index (χ1v) is 11.6. The van der Waals surface area contributed by atoms with Gasteiger partial charge in [0, 0.05) is 61.8 Å². The van der Waals surface area contributed by atoms with Crippen molar-refractivity contribution in [2.24, 2.45) is 0 Å². The fraction of sp³-hybridized carbons (Fsp3) is 0.240. The average Bonchev–Trinajstić information content (AvgIpc) is 3.31. The van der Waals surface area contributed by atoms with Crippen LogP contribution in [0.15, 0.2) is 63.1 Å². The van der Waals surface area contributed by atoms with Crippen molar-refractivity contribution in [1.29, 1.82) is 0 Å². The molecule has 1 fully saturated rings. The van der Waals surface area contributed by atoms with Gasteiger partial charge in [-0.05, 0) is 35.7 Å². The lowest BCUT2D eigenvalue weighted by Gasteiger charge is -2.34. The van der Waals surface area contributed by atoms with Crippen LogP contribution in [0.25, 0.3) is 22.3 Å². The Kier molecular flexibility index (Phi) is 8.69. The smallest absolute Gasteiger partial charge is 0.197 e. The Bertz CT molecular complexity index is 1330. The van der Waals surface area contributed by atoms with E-state index in [0.717, 1.165) is 32.7 Å². The first-order valence-electron chi connectivity index (χ1n) is 10.8. The van der Waals surface area contributed by atoms with Crippen molar-refractivity contribution in [1.82, 2.24) is 9.80 Å². The summed E-state index contributed by atoms with van der Waals surface area (Å²) in [5, 5.41) is 32.7. The molecule has 0 spiro atoms. The number of benzene rings is 2. The Labute approximate surface area is 218 Å². The molecular weight excluding hydrogens is 511 g/mol. The minimum absolute atomic E-state index is 0. The summed E-state index contributed by atoms with van der Waals surface area (Å²) < 4.78 is 6.06. The predicted molar refractivity (Wildman–Crippen MR) is 142 cm³/mol. The van der Waals surface area contributed by atoms with Crippen LogP contribution in [0.5, 0.6) is 17.2 Å². The van der Waals surface area contributed by atoms with Gasteiger partial charge in [0.2, 0.25) is 0 Å². The van der Waals surface area contributed by atoms with E-state index in [0.29, 0.717) is 23.4 Å². The second-order valence-electron chi connectivity index (χ2n) is 8.25.